The number of nitrogens with one attached hydrogen (secondary N) is 1. The van der Waals surface area contributed by atoms with Gasteiger partial charge in [-0.15, -0.1) is 0 Å². The highest BCUT2D eigenvalue weighted by atomic mass is 16.3. The van der Waals surface area contributed by atoms with Crippen molar-refractivity contribution in [2.75, 3.05) is 5.73 Å². The summed E-state index contributed by atoms with van der Waals surface area (Å²) in [6.45, 7) is 3.84. The maximum atomic E-state index is 12.2. The maximum absolute atomic E-state index is 12.2. The van der Waals surface area contributed by atoms with E-state index in [4.69, 9.17) is 5.73 Å². The summed E-state index contributed by atoms with van der Waals surface area (Å²) in [7, 11) is 0. The Balaban J connectivity index is 2.14. The molecule has 0 radical (unpaired) electrons. The first-order valence-corrected chi connectivity index (χ1v) is 7.92. The second kappa shape index (κ2) is 6.72. The lowest BCUT2D eigenvalue weighted by atomic mass is 10.1. The van der Waals surface area contributed by atoms with Crippen LogP contribution >= 0.6 is 0 Å². The number of nitrogens with zero attached hydrogens (tertiary/aromatic N) is 2. The van der Waals surface area contributed by atoms with E-state index < -0.39 is 17.1 Å². The molecule has 7 heteroatoms. The van der Waals surface area contributed by atoms with Gasteiger partial charge in [0.2, 0.25) is 5.88 Å². The van der Waals surface area contributed by atoms with E-state index in [2.05, 4.69) is 9.98 Å². The molecule has 1 heterocycles. The van der Waals surface area contributed by atoms with Gasteiger partial charge in [0.1, 0.15) is 5.56 Å². The van der Waals surface area contributed by atoms with Crippen molar-refractivity contribution >= 4 is 17.6 Å². The lowest BCUT2D eigenvalue weighted by molar-refractivity contribution is 0.430. The molecule has 0 aliphatic carbocycles. The fourth-order valence-electron chi connectivity index (χ4n) is 2.50. The highest BCUT2D eigenvalue weighted by Crippen LogP contribution is 2.19. The fraction of sp³-hybridized carbons (Fsp3) is 0.105. The van der Waals surface area contributed by atoms with E-state index in [1.165, 1.54) is 6.21 Å². The van der Waals surface area contributed by atoms with Crippen molar-refractivity contribution in [1.29, 1.82) is 0 Å². The molecule has 0 fully saturated rings. The van der Waals surface area contributed by atoms with Crippen LogP contribution in [0.1, 0.15) is 16.7 Å². The van der Waals surface area contributed by atoms with Gasteiger partial charge in [-0.25, -0.2) is 9.36 Å². The van der Waals surface area contributed by atoms with Gasteiger partial charge in [0, 0.05) is 11.9 Å². The molecule has 0 atom stereocenters. The summed E-state index contributed by atoms with van der Waals surface area (Å²) in [5.41, 5.74) is 7.63. The molecule has 1 aromatic heterocycles. The minimum absolute atomic E-state index is 0.120. The molecule has 3 aromatic rings. The van der Waals surface area contributed by atoms with Gasteiger partial charge in [0.15, 0.2) is 0 Å². The van der Waals surface area contributed by atoms with Crippen LogP contribution in [0.5, 0.6) is 5.88 Å². The average molecular weight is 350 g/mol. The Morgan fingerprint density at radius 2 is 1.88 bits per heavy atom. The van der Waals surface area contributed by atoms with Gasteiger partial charge >= 0.3 is 5.69 Å². The monoisotopic (exact) mass is 350 g/mol. The molecule has 0 spiro atoms. The molecular formula is C19H18N4O3. The van der Waals surface area contributed by atoms with Crippen molar-refractivity contribution in [3.63, 3.8) is 0 Å². The summed E-state index contributed by atoms with van der Waals surface area (Å²) in [5.74, 6) is -0.477. The number of rotatable bonds is 3. The predicted molar refractivity (Wildman–Crippen MR) is 102 cm³/mol. The highest BCUT2D eigenvalue weighted by molar-refractivity contribution is 5.84. The Hall–Kier alpha value is -3.61. The normalized spacial score (nSPS) is 11.2. The largest absolute Gasteiger partial charge is 0.493 e. The summed E-state index contributed by atoms with van der Waals surface area (Å²) < 4.78 is 1.04. The number of H-pyrrole nitrogens is 1. The fourth-order valence-corrected chi connectivity index (χ4v) is 2.50. The molecule has 132 valence electrons. The SMILES string of the molecule is Cc1ccc(-n2c(O)c(C=Nc3cccc(N)c3)c(=O)[nH]c2=O)cc1C. The quantitative estimate of drug-likeness (QED) is 0.496. The molecule has 0 unspecified atom stereocenters. The van der Waals surface area contributed by atoms with E-state index in [1.54, 1.807) is 36.4 Å². The lowest BCUT2D eigenvalue weighted by Gasteiger charge is -2.11. The van der Waals surface area contributed by atoms with Crippen LogP contribution in [-0.2, 0) is 0 Å². The number of nitrogen functional groups attached to an aromatic ring is 1. The number of aromatic hydroxyl groups is 1. The van der Waals surface area contributed by atoms with E-state index in [-0.39, 0.29) is 5.56 Å². The maximum Gasteiger partial charge on any atom is 0.335 e. The number of aliphatic imine (C=N–C) groups is 1. The van der Waals surface area contributed by atoms with Crippen LogP contribution in [0.15, 0.2) is 57.0 Å². The van der Waals surface area contributed by atoms with Gasteiger partial charge in [0.05, 0.1) is 11.4 Å². The smallest absolute Gasteiger partial charge is 0.335 e. The molecule has 0 amide bonds. The summed E-state index contributed by atoms with van der Waals surface area (Å²) in [5, 5.41) is 10.5. The molecule has 0 aliphatic heterocycles. The van der Waals surface area contributed by atoms with Crippen molar-refractivity contribution < 1.29 is 5.11 Å². The van der Waals surface area contributed by atoms with Gasteiger partial charge in [-0.3, -0.25) is 14.8 Å². The molecule has 7 nitrogen and oxygen atoms in total. The third-order valence-corrected chi connectivity index (χ3v) is 4.08. The second-order valence-electron chi connectivity index (χ2n) is 5.95. The number of benzene rings is 2. The Morgan fingerprint density at radius 1 is 1.12 bits per heavy atom. The summed E-state index contributed by atoms with van der Waals surface area (Å²) in [6.07, 6.45) is 1.21. The Bertz CT molecular complexity index is 1130. The molecule has 0 bridgehead atoms. The Kier molecular flexibility index (Phi) is 4.45. The predicted octanol–water partition coefficient (Wildman–Crippen LogP) is 2.18. The molecule has 0 saturated heterocycles. The molecule has 3 rings (SSSR count). The van der Waals surface area contributed by atoms with Gasteiger partial charge in [-0.05, 0) is 55.3 Å². The summed E-state index contributed by atoms with van der Waals surface area (Å²) in [6, 6.07) is 12.1. The van der Waals surface area contributed by atoms with Crippen molar-refractivity contribution in [3.8, 4) is 11.6 Å². The number of aryl methyl sites for hydroxylation is 2. The number of nitrogens with two attached hydrogens (primary N) is 1. The van der Waals surface area contributed by atoms with Crippen LogP contribution in [0.3, 0.4) is 0 Å². The average Bonchev–Trinajstić information content (AvgIpc) is 2.57. The van der Waals surface area contributed by atoms with E-state index in [0.717, 1.165) is 15.7 Å². The third-order valence-electron chi connectivity index (χ3n) is 4.08. The van der Waals surface area contributed by atoms with Crippen LogP contribution in [0.4, 0.5) is 11.4 Å². The molecule has 0 aliphatic rings. The van der Waals surface area contributed by atoms with Gasteiger partial charge in [-0.2, -0.15) is 0 Å². The molecule has 4 N–H and O–H groups in total. The minimum Gasteiger partial charge on any atom is -0.493 e. The topological polar surface area (TPSA) is 113 Å². The van der Waals surface area contributed by atoms with Crippen molar-refractivity contribution in [2.45, 2.75) is 13.8 Å². The molecule has 2 aromatic carbocycles. The van der Waals surface area contributed by atoms with Gasteiger partial charge < -0.3 is 10.8 Å². The number of aromatic nitrogens is 2. The van der Waals surface area contributed by atoms with Crippen molar-refractivity contribution in [3.05, 3.63) is 80.0 Å². The standard InChI is InChI=1S/C19H18N4O3/c1-11-6-7-15(8-12(11)2)23-18(25)16(17(24)22-19(23)26)10-21-14-5-3-4-13(20)9-14/h3-10,25H,20H2,1-2H3,(H,22,24,26). The Morgan fingerprint density at radius 3 is 2.58 bits per heavy atom. The number of aromatic amines is 1. The van der Waals surface area contributed by atoms with Gasteiger partial charge in [-0.1, -0.05) is 12.1 Å². The molecule has 0 saturated carbocycles. The van der Waals surface area contributed by atoms with Gasteiger partial charge in [0.25, 0.3) is 5.56 Å². The van der Waals surface area contributed by atoms with Crippen LogP contribution in [0.25, 0.3) is 5.69 Å². The zero-order valence-electron chi connectivity index (χ0n) is 14.4. The lowest BCUT2D eigenvalue weighted by Crippen LogP contribution is -2.31. The second-order valence-corrected chi connectivity index (χ2v) is 5.95. The minimum atomic E-state index is -0.725. The first-order chi connectivity index (χ1) is 12.4. The zero-order valence-corrected chi connectivity index (χ0v) is 14.4. The van der Waals surface area contributed by atoms with E-state index >= 15 is 0 Å². The summed E-state index contributed by atoms with van der Waals surface area (Å²) in [4.78, 5) is 30.7. The van der Waals surface area contributed by atoms with Crippen LogP contribution < -0.4 is 17.0 Å². The van der Waals surface area contributed by atoms with E-state index in [0.29, 0.717) is 17.1 Å². The number of hydrogen-bond donors (Lipinski definition) is 3. The van der Waals surface area contributed by atoms with Crippen LogP contribution in [0, 0.1) is 13.8 Å². The number of hydrogen-bond acceptors (Lipinski definition) is 5. The van der Waals surface area contributed by atoms with Crippen LogP contribution in [0.2, 0.25) is 0 Å². The first kappa shape index (κ1) is 17.2. The van der Waals surface area contributed by atoms with Crippen molar-refractivity contribution in [2.24, 2.45) is 4.99 Å². The zero-order chi connectivity index (χ0) is 18.8. The van der Waals surface area contributed by atoms with Crippen molar-refractivity contribution in [1.82, 2.24) is 9.55 Å². The molecule has 26 heavy (non-hydrogen) atoms. The molecular weight excluding hydrogens is 332 g/mol. The third kappa shape index (κ3) is 3.27. The highest BCUT2D eigenvalue weighted by Gasteiger charge is 2.14. The van der Waals surface area contributed by atoms with Crippen LogP contribution in [-0.4, -0.2) is 20.9 Å². The van der Waals surface area contributed by atoms with E-state index in [1.807, 2.05) is 19.9 Å². The first-order valence-electron chi connectivity index (χ1n) is 7.92. The summed E-state index contributed by atoms with van der Waals surface area (Å²) >= 11 is 0. The number of anilines is 1. The van der Waals surface area contributed by atoms with E-state index in [9.17, 15) is 14.7 Å². The Labute approximate surface area is 149 Å².